The first-order valence-corrected chi connectivity index (χ1v) is 11.1. The molecule has 2 heterocycles. The van der Waals surface area contributed by atoms with Gasteiger partial charge in [-0.2, -0.15) is 5.10 Å². The van der Waals surface area contributed by atoms with Gasteiger partial charge in [0, 0.05) is 32.1 Å². The molecule has 160 valence electrons. The number of hydrogen-bond acceptors (Lipinski definition) is 4. The van der Waals surface area contributed by atoms with E-state index in [-0.39, 0.29) is 5.91 Å². The highest BCUT2D eigenvalue weighted by atomic mass is 79.9. The molecule has 2 aromatic carbocycles. The zero-order valence-corrected chi connectivity index (χ0v) is 19.9. The van der Waals surface area contributed by atoms with Gasteiger partial charge in [0.2, 0.25) is 6.10 Å². The quantitative estimate of drug-likeness (QED) is 0.464. The summed E-state index contributed by atoms with van der Waals surface area (Å²) in [6.07, 6.45) is -0.307. The van der Waals surface area contributed by atoms with Crippen LogP contribution in [0.4, 0.5) is 5.69 Å². The topological polar surface area (TPSA) is 68.5 Å². The van der Waals surface area contributed by atoms with Crippen LogP contribution in [0, 0.1) is 13.8 Å². The van der Waals surface area contributed by atoms with Crippen LogP contribution in [0.5, 0.6) is 0 Å². The number of oxime groups is 1. The lowest BCUT2D eigenvalue weighted by Crippen LogP contribution is -2.28. The van der Waals surface area contributed by atoms with E-state index >= 15 is 0 Å². The lowest BCUT2D eigenvalue weighted by Gasteiger charge is -2.11. The summed E-state index contributed by atoms with van der Waals surface area (Å²) in [5.74, 6) is -0.268. The number of aromatic nitrogens is 2. The number of nitrogens with zero attached hydrogens (tertiary/aromatic N) is 3. The van der Waals surface area contributed by atoms with Crippen molar-refractivity contribution >= 4 is 56.4 Å². The maximum Gasteiger partial charge on any atom is 0.268 e. The van der Waals surface area contributed by atoms with E-state index in [9.17, 15) is 4.79 Å². The van der Waals surface area contributed by atoms with Gasteiger partial charge in [0.1, 0.15) is 0 Å². The first-order valence-electron chi connectivity index (χ1n) is 9.60. The number of halogens is 3. The van der Waals surface area contributed by atoms with E-state index in [0.29, 0.717) is 34.4 Å². The molecule has 0 fully saturated rings. The maximum absolute atomic E-state index is 12.8. The van der Waals surface area contributed by atoms with E-state index in [1.807, 2.05) is 38.1 Å². The summed E-state index contributed by atoms with van der Waals surface area (Å²) in [5, 5.41) is 12.7. The Morgan fingerprint density at radius 3 is 2.65 bits per heavy atom. The van der Waals surface area contributed by atoms with Crippen LogP contribution in [-0.4, -0.2) is 27.5 Å². The van der Waals surface area contributed by atoms with Crippen molar-refractivity contribution in [1.82, 2.24) is 9.78 Å². The molecule has 9 heteroatoms. The molecule has 31 heavy (non-hydrogen) atoms. The molecule has 6 nitrogen and oxygen atoms in total. The first kappa shape index (κ1) is 21.9. The van der Waals surface area contributed by atoms with Gasteiger partial charge in [0.25, 0.3) is 5.91 Å². The van der Waals surface area contributed by atoms with Gasteiger partial charge in [-0.15, -0.1) is 0 Å². The van der Waals surface area contributed by atoms with E-state index in [1.165, 1.54) is 0 Å². The Morgan fingerprint density at radius 1 is 1.23 bits per heavy atom. The third kappa shape index (κ3) is 4.63. The fourth-order valence-electron chi connectivity index (χ4n) is 3.43. The number of hydrogen-bond donors (Lipinski definition) is 1. The molecule has 0 bridgehead atoms. The zero-order chi connectivity index (χ0) is 22.1. The van der Waals surface area contributed by atoms with Gasteiger partial charge < -0.3 is 10.2 Å². The molecule has 0 aliphatic carbocycles. The van der Waals surface area contributed by atoms with E-state index in [2.05, 4.69) is 31.5 Å². The molecule has 1 N–H and O–H groups in total. The third-order valence-corrected chi connectivity index (χ3v) is 6.32. The van der Waals surface area contributed by atoms with Crippen LogP contribution in [-0.2, 0) is 16.2 Å². The van der Waals surface area contributed by atoms with Crippen molar-refractivity contribution in [3.8, 4) is 0 Å². The van der Waals surface area contributed by atoms with E-state index in [1.54, 1.807) is 22.9 Å². The standard InChI is InChI=1S/C22H19BrCl2N4O2/c1-12-21(13(2)29(27-12)11-16-17(24)7-4-8-18(16)25)26-22(30)20-10-19(28-31-20)14-5-3-6-15(23)9-14/h3-9,20H,10-11H2,1-2H3,(H,26,30)/t20-/m1/s1. The van der Waals surface area contributed by atoms with Gasteiger partial charge in [0.05, 0.1) is 29.3 Å². The van der Waals surface area contributed by atoms with Gasteiger partial charge in [-0.05, 0) is 38.1 Å². The molecule has 0 spiro atoms. The van der Waals surface area contributed by atoms with Crippen LogP contribution in [0.25, 0.3) is 0 Å². The van der Waals surface area contributed by atoms with Gasteiger partial charge in [-0.1, -0.05) is 62.5 Å². The second-order valence-electron chi connectivity index (χ2n) is 7.24. The van der Waals surface area contributed by atoms with Crippen LogP contribution >= 0.6 is 39.1 Å². The number of carbonyl (C=O) groups is 1. The largest absolute Gasteiger partial charge is 0.382 e. The Morgan fingerprint density at radius 2 is 1.94 bits per heavy atom. The lowest BCUT2D eigenvalue weighted by molar-refractivity contribution is -0.125. The fourth-order valence-corrected chi connectivity index (χ4v) is 4.34. The van der Waals surface area contributed by atoms with Crippen molar-refractivity contribution < 1.29 is 9.63 Å². The monoisotopic (exact) mass is 520 g/mol. The van der Waals surface area contributed by atoms with Crippen molar-refractivity contribution in [3.05, 3.63) is 79.5 Å². The van der Waals surface area contributed by atoms with Gasteiger partial charge in [-0.3, -0.25) is 9.48 Å². The average molecular weight is 522 g/mol. The first-order chi connectivity index (χ1) is 14.8. The Kier molecular flexibility index (Phi) is 6.36. The number of anilines is 1. The molecule has 0 radical (unpaired) electrons. The van der Waals surface area contributed by atoms with Crippen LogP contribution in [0.1, 0.15) is 28.9 Å². The average Bonchev–Trinajstić information content (AvgIpc) is 3.32. The molecule has 3 aromatic rings. The van der Waals surface area contributed by atoms with Crippen LogP contribution in [0.15, 0.2) is 52.1 Å². The zero-order valence-electron chi connectivity index (χ0n) is 16.8. The lowest BCUT2D eigenvalue weighted by atomic mass is 10.0. The molecule has 1 amide bonds. The Labute approximate surface area is 198 Å². The second-order valence-corrected chi connectivity index (χ2v) is 8.97. The van der Waals surface area contributed by atoms with Crippen molar-refractivity contribution in [2.45, 2.75) is 32.9 Å². The number of carbonyl (C=O) groups excluding carboxylic acids is 1. The van der Waals surface area contributed by atoms with Crippen molar-refractivity contribution in [2.24, 2.45) is 5.16 Å². The summed E-state index contributed by atoms with van der Waals surface area (Å²) in [7, 11) is 0. The summed E-state index contributed by atoms with van der Waals surface area (Å²) in [5.41, 5.74) is 4.57. The highest BCUT2D eigenvalue weighted by Crippen LogP contribution is 2.28. The number of aryl methyl sites for hydroxylation is 1. The number of rotatable bonds is 5. The summed E-state index contributed by atoms with van der Waals surface area (Å²) in [6.45, 7) is 4.13. The molecule has 0 unspecified atom stereocenters. The smallest absolute Gasteiger partial charge is 0.268 e. The van der Waals surface area contributed by atoms with E-state index < -0.39 is 6.10 Å². The molecule has 1 aliphatic rings. The van der Waals surface area contributed by atoms with Crippen molar-refractivity contribution in [2.75, 3.05) is 5.32 Å². The molecule has 1 aliphatic heterocycles. The molecule has 1 aromatic heterocycles. The van der Waals surface area contributed by atoms with Crippen molar-refractivity contribution in [3.63, 3.8) is 0 Å². The molecule has 1 atom stereocenters. The Balaban J connectivity index is 1.47. The Bertz CT molecular complexity index is 1170. The minimum absolute atomic E-state index is 0.268. The predicted octanol–water partition coefficient (Wildman–Crippen LogP) is 5.75. The summed E-state index contributed by atoms with van der Waals surface area (Å²) < 4.78 is 2.72. The highest BCUT2D eigenvalue weighted by Gasteiger charge is 2.30. The summed E-state index contributed by atoms with van der Waals surface area (Å²) in [6, 6.07) is 13.1. The molecular formula is C22H19BrCl2N4O2. The van der Waals surface area contributed by atoms with Crippen LogP contribution in [0.2, 0.25) is 10.0 Å². The summed E-state index contributed by atoms with van der Waals surface area (Å²) in [4.78, 5) is 18.2. The minimum Gasteiger partial charge on any atom is -0.382 e. The molecule has 0 saturated carbocycles. The van der Waals surface area contributed by atoms with Crippen LogP contribution < -0.4 is 5.32 Å². The second kappa shape index (κ2) is 9.02. The summed E-state index contributed by atoms with van der Waals surface area (Å²) >= 11 is 16.0. The van der Waals surface area contributed by atoms with Gasteiger partial charge in [-0.25, -0.2) is 0 Å². The van der Waals surface area contributed by atoms with Gasteiger partial charge >= 0.3 is 0 Å². The minimum atomic E-state index is -0.700. The van der Waals surface area contributed by atoms with E-state index in [0.717, 1.165) is 27.0 Å². The predicted molar refractivity (Wildman–Crippen MR) is 126 cm³/mol. The third-order valence-electron chi connectivity index (χ3n) is 5.12. The SMILES string of the molecule is Cc1nn(Cc2c(Cl)cccc2Cl)c(C)c1NC(=O)[C@H]1CC(c2cccc(Br)c2)=NO1. The molecule has 0 saturated heterocycles. The number of nitrogens with one attached hydrogen (secondary N) is 1. The van der Waals surface area contributed by atoms with Crippen LogP contribution in [0.3, 0.4) is 0 Å². The molecule has 4 rings (SSSR count). The normalized spacial score (nSPS) is 15.5. The highest BCUT2D eigenvalue weighted by molar-refractivity contribution is 9.10. The van der Waals surface area contributed by atoms with Crippen molar-refractivity contribution in [1.29, 1.82) is 0 Å². The molecular weight excluding hydrogens is 503 g/mol. The maximum atomic E-state index is 12.8. The van der Waals surface area contributed by atoms with E-state index in [4.69, 9.17) is 28.0 Å². The Hall–Kier alpha value is -2.35. The number of amides is 1. The number of benzene rings is 2. The van der Waals surface area contributed by atoms with Gasteiger partial charge in [0.15, 0.2) is 0 Å². The fraction of sp³-hybridized carbons (Fsp3) is 0.227.